The summed E-state index contributed by atoms with van der Waals surface area (Å²) in [6, 6.07) is -0.961. The van der Waals surface area contributed by atoms with Crippen LogP contribution < -0.4 is 10.2 Å². The summed E-state index contributed by atoms with van der Waals surface area (Å²) < 4.78 is 23.1. The van der Waals surface area contributed by atoms with E-state index in [1.807, 2.05) is 39.4 Å². The Labute approximate surface area is 325 Å². The lowest BCUT2D eigenvalue weighted by Gasteiger charge is -2.29. The summed E-state index contributed by atoms with van der Waals surface area (Å²) in [5.41, 5.74) is 0. The van der Waals surface area contributed by atoms with Crippen molar-refractivity contribution in [2.24, 2.45) is 0 Å². The van der Waals surface area contributed by atoms with E-state index in [-0.39, 0.29) is 18.9 Å². The lowest BCUT2D eigenvalue weighted by atomic mass is 10.1. The fourth-order valence-electron chi connectivity index (χ4n) is 5.12. The molecule has 3 atom stereocenters. The first-order chi connectivity index (χ1) is 25.5. The van der Waals surface area contributed by atoms with Crippen molar-refractivity contribution in [1.29, 1.82) is 0 Å². The third-order valence-corrected chi connectivity index (χ3v) is 9.33. The van der Waals surface area contributed by atoms with E-state index in [0.29, 0.717) is 17.4 Å². The minimum absolute atomic E-state index is 0.0272. The summed E-state index contributed by atoms with van der Waals surface area (Å²) in [6.45, 7) is 4.40. The minimum atomic E-state index is -4.62. The van der Waals surface area contributed by atoms with Gasteiger partial charge >= 0.3 is 0 Å². The summed E-state index contributed by atoms with van der Waals surface area (Å²) in [6.07, 6.45) is 48.0. The number of phosphoric acid groups is 1. The minimum Gasteiger partial charge on any atom is -0.756 e. The van der Waals surface area contributed by atoms with Gasteiger partial charge in [-0.2, -0.15) is 0 Å². The third kappa shape index (κ3) is 37.8. The second kappa shape index (κ2) is 35.4. The summed E-state index contributed by atoms with van der Waals surface area (Å²) >= 11 is 0. The molecule has 53 heavy (non-hydrogen) atoms. The molecule has 2 N–H and O–H groups in total. The molecule has 1 amide bonds. The van der Waals surface area contributed by atoms with Gasteiger partial charge in [0.15, 0.2) is 0 Å². The molecule has 0 radical (unpaired) electrons. The molecule has 0 bridgehead atoms. The number of nitrogens with one attached hydrogen (secondary N) is 1. The van der Waals surface area contributed by atoms with Gasteiger partial charge in [0.05, 0.1) is 39.9 Å². The second-order valence-electron chi connectivity index (χ2n) is 14.6. The molecule has 0 saturated heterocycles. The maximum Gasteiger partial charge on any atom is 0.268 e. The van der Waals surface area contributed by atoms with Crippen LogP contribution in [-0.2, 0) is 18.4 Å². The Balaban J connectivity index is 4.71. The monoisotopic (exact) mass is 761 g/mol. The highest BCUT2D eigenvalue weighted by Gasteiger charge is 2.22. The van der Waals surface area contributed by atoms with Crippen LogP contribution in [0.1, 0.15) is 136 Å². The SMILES string of the molecule is CC/C=C\C/C=C\C/C=C\C/C=C\C/C=C\CC(=O)NC(COP(=O)([O-])OCC[N+](C)(C)C)C(O)/C=C/CC/C=C/CCCCCCCCCCCC. The average molecular weight is 761 g/mol. The Bertz CT molecular complexity index is 1140. The number of quaternary nitrogens is 1. The number of hydrogen-bond donors (Lipinski definition) is 2. The van der Waals surface area contributed by atoms with Crippen molar-refractivity contribution in [2.75, 3.05) is 40.9 Å². The van der Waals surface area contributed by atoms with Crippen LogP contribution in [0.15, 0.2) is 85.1 Å². The molecule has 0 aliphatic rings. The lowest BCUT2D eigenvalue weighted by molar-refractivity contribution is -0.870. The number of carbonyl (C=O) groups is 1. The molecule has 0 rings (SSSR count). The molecule has 0 spiro atoms. The summed E-state index contributed by atoms with van der Waals surface area (Å²) in [7, 11) is 1.17. The number of carbonyl (C=O) groups excluding carboxylic acids is 1. The van der Waals surface area contributed by atoms with Crippen molar-refractivity contribution < 1.29 is 32.9 Å². The van der Waals surface area contributed by atoms with Crippen molar-refractivity contribution in [3.8, 4) is 0 Å². The maximum absolute atomic E-state index is 12.7. The molecule has 0 aliphatic heterocycles. The molecule has 8 nitrogen and oxygen atoms in total. The van der Waals surface area contributed by atoms with Gasteiger partial charge in [0, 0.05) is 6.42 Å². The van der Waals surface area contributed by atoms with Crippen molar-refractivity contribution >= 4 is 13.7 Å². The maximum atomic E-state index is 12.7. The number of likely N-dealkylation sites (N-methyl/N-ethyl adjacent to an activating group) is 1. The fourth-order valence-corrected chi connectivity index (χ4v) is 5.84. The number of hydrogen-bond acceptors (Lipinski definition) is 6. The Hall–Kier alpha value is -2.32. The molecule has 9 heteroatoms. The first-order valence-electron chi connectivity index (χ1n) is 20.4. The van der Waals surface area contributed by atoms with E-state index < -0.39 is 26.6 Å². The summed E-state index contributed by atoms with van der Waals surface area (Å²) in [5.74, 6) is -0.339. The summed E-state index contributed by atoms with van der Waals surface area (Å²) in [4.78, 5) is 25.1. The van der Waals surface area contributed by atoms with Crippen LogP contribution in [0.3, 0.4) is 0 Å². The largest absolute Gasteiger partial charge is 0.756 e. The molecule has 0 fully saturated rings. The zero-order chi connectivity index (χ0) is 39.3. The van der Waals surface area contributed by atoms with Crippen LogP contribution in [0.25, 0.3) is 0 Å². The third-order valence-electron chi connectivity index (χ3n) is 8.37. The Morgan fingerprint density at radius 3 is 1.72 bits per heavy atom. The number of amides is 1. The lowest BCUT2D eigenvalue weighted by Crippen LogP contribution is -2.45. The number of aliphatic hydroxyl groups is 1. The van der Waals surface area contributed by atoms with Crippen LogP contribution in [0.2, 0.25) is 0 Å². The normalized spacial score (nSPS) is 15.4. The molecule has 304 valence electrons. The molecule has 3 unspecified atom stereocenters. The van der Waals surface area contributed by atoms with Crippen LogP contribution in [-0.4, -0.2) is 68.5 Å². The Morgan fingerprint density at radius 2 is 1.17 bits per heavy atom. The van der Waals surface area contributed by atoms with Crippen molar-refractivity contribution in [2.45, 2.75) is 148 Å². The Morgan fingerprint density at radius 1 is 0.679 bits per heavy atom. The van der Waals surface area contributed by atoms with E-state index in [4.69, 9.17) is 9.05 Å². The van der Waals surface area contributed by atoms with Gasteiger partial charge in [0.25, 0.3) is 7.82 Å². The predicted octanol–water partition coefficient (Wildman–Crippen LogP) is 10.4. The van der Waals surface area contributed by atoms with Crippen molar-refractivity contribution in [1.82, 2.24) is 5.32 Å². The number of unbranched alkanes of at least 4 members (excludes halogenated alkanes) is 11. The summed E-state index contributed by atoms with van der Waals surface area (Å²) in [5, 5.41) is 13.6. The highest BCUT2D eigenvalue weighted by atomic mass is 31.2. The average Bonchev–Trinajstić information content (AvgIpc) is 3.10. The number of rotatable bonds is 35. The highest BCUT2D eigenvalue weighted by Crippen LogP contribution is 2.38. The molecule has 0 aliphatic carbocycles. The van der Waals surface area contributed by atoms with E-state index in [9.17, 15) is 19.4 Å². The molecular weight excluding hydrogens is 683 g/mol. The quantitative estimate of drug-likeness (QED) is 0.0288. The van der Waals surface area contributed by atoms with Crippen molar-refractivity contribution in [3.05, 3.63) is 85.1 Å². The number of aliphatic hydroxyl groups excluding tert-OH is 1. The van der Waals surface area contributed by atoms with Crippen LogP contribution >= 0.6 is 7.82 Å². The first kappa shape index (κ1) is 50.7. The molecule has 0 aromatic rings. The van der Waals surface area contributed by atoms with Gasteiger partial charge in [0.1, 0.15) is 13.2 Å². The van der Waals surface area contributed by atoms with Gasteiger partial charge in [-0.3, -0.25) is 9.36 Å². The molecule has 0 saturated carbocycles. The number of allylic oxidation sites excluding steroid dienone is 12. The van der Waals surface area contributed by atoms with Crippen molar-refractivity contribution in [3.63, 3.8) is 0 Å². The molecular formula is C44H77N2O6P. The van der Waals surface area contributed by atoms with Gasteiger partial charge in [0.2, 0.25) is 5.91 Å². The molecule has 0 aromatic heterocycles. The first-order valence-corrected chi connectivity index (χ1v) is 21.9. The van der Waals surface area contributed by atoms with E-state index in [2.05, 4.69) is 73.8 Å². The van der Waals surface area contributed by atoms with Crippen LogP contribution in [0.5, 0.6) is 0 Å². The van der Waals surface area contributed by atoms with E-state index in [1.54, 1.807) is 12.2 Å². The zero-order valence-electron chi connectivity index (χ0n) is 34.2. The topological polar surface area (TPSA) is 108 Å². The number of phosphoric ester groups is 1. The zero-order valence-corrected chi connectivity index (χ0v) is 35.1. The van der Waals surface area contributed by atoms with Gasteiger partial charge < -0.3 is 28.8 Å². The number of nitrogens with zero attached hydrogens (tertiary/aromatic N) is 1. The molecule has 0 aromatic carbocycles. The predicted molar refractivity (Wildman–Crippen MR) is 223 cm³/mol. The highest BCUT2D eigenvalue weighted by molar-refractivity contribution is 7.45. The van der Waals surface area contributed by atoms with Gasteiger partial charge in [-0.05, 0) is 57.8 Å². The van der Waals surface area contributed by atoms with Gasteiger partial charge in [-0.15, -0.1) is 0 Å². The van der Waals surface area contributed by atoms with E-state index in [1.165, 1.54) is 64.2 Å². The van der Waals surface area contributed by atoms with Gasteiger partial charge in [-0.25, -0.2) is 0 Å². The van der Waals surface area contributed by atoms with E-state index >= 15 is 0 Å². The molecule has 0 heterocycles. The van der Waals surface area contributed by atoms with Gasteiger partial charge in [-0.1, -0.05) is 157 Å². The standard InChI is InChI=1S/C44H77N2O6P/c1-6-8-10-12-14-16-18-20-22-24-25-27-29-31-33-35-37-43(47)42(41-52-53(49,50)51-40-39-46(3,4)5)45-44(48)38-36-34-32-30-28-26-23-21-19-17-15-13-11-9-7-2/h9,11,15,17,21,23,27-30,34-37,42-43,47H,6-8,10,12-14,16,18-20,22,24-26,31-33,38-41H2,1-5H3,(H-,45,48,49,50)/b11-9-,17-15-,23-21-,29-27+,30-28-,36-34-,37-35+. The Kier molecular flexibility index (Phi) is 33.8. The van der Waals surface area contributed by atoms with Crippen LogP contribution in [0.4, 0.5) is 0 Å². The second-order valence-corrected chi connectivity index (χ2v) is 16.0. The van der Waals surface area contributed by atoms with Crippen LogP contribution in [0, 0.1) is 0 Å². The smallest absolute Gasteiger partial charge is 0.268 e. The fraction of sp³-hybridized carbons (Fsp3) is 0.659. The van der Waals surface area contributed by atoms with E-state index in [0.717, 1.165) is 44.9 Å².